The fourth-order valence-electron chi connectivity index (χ4n) is 2.56. The van der Waals surface area contributed by atoms with Crippen LogP contribution in [0.4, 0.5) is 15.8 Å². The Morgan fingerprint density at radius 3 is 2.38 bits per heavy atom. The molecule has 1 aromatic rings. The molecule has 1 aliphatic heterocycles. The molecule has 116 valence electrons. The molecular formula is C14H20FN3O3. The Labute approximate surface area is 123 Å². The number of hydrogen-bond donors (Lipinski definition) is 0. The molecule has 1 saturated heterocycles. The van der Waals surface area contributed by atoms with E-state index in [1.165, 1.54) is 13.2 Å². The molecule has 1 aromatic carbocycles. The van der Waals surface area contributed by atoms with Crippen molar-refractivity contribution in [1.29, 1.82) is 0 Å². The van der Waals surface area contributed by atoms with Gasteiger partial charge in [-0.05, 0) is 13.8 Å². The minimum Gasteiger partial charge on any atom is -0.490 e. The van der Waals surface area contributed by atoms with Gasteiger partial charge in [0.15, 0.2) is 11.6 Å². The molecule has 1 fully saturated rings. The van der Waals surface area contributed by atoms with Crippen LogP contribution in [0.1, 0.15) is 13.8 Å². The van der Waals surface area contributed by atoms with Gasteiger partial charge in [0, 0.05) is 38.3 Å². The average molecular weight is 297 g/mol. The predicted octanol–water partition coefficient (Wildman–Crippen LogP) is 2.27. The van der Waals surface area contributed by atoms with Crippen LogP contribution in [0.2, 0.25) is 0 Å². The third-order valence-electron chi connectivity index (χ3n) is 3.83. The summed E-state index contributed by atoms with van der Waals surface area (Å²) in [5.41, 5.74) is 0.0143. The van der Waals surface area contributed by atoms with Crippen LogP contribution in [-0.2, 0) is 0 Å². The molecule has 0 aromatic heterocycles. The van der Waals surface area contributed by atoms with E-state index in [9.17, 15) is 14.5 Å². The van der Waals surface area contributed by atoms with Crippen molar-refractivity contribution in [2.24, 2.45) is 0 Å². The number of piperazine rings is 1. The lowest BCUT2D eigenvalue weighted by molar-refractivity contribution is -0.385. The van der Waals surface area contributed by atoms with Crippen LogP contribution in [0.3, 0.4) is 0 Å². The number of nitro groups is 1. The number of nitrogens with zero attached hydrogens (tertiary/aromatic N) is 3. The van der Waals surface area contributed by atoms with Crippen molar-refractivity contribution < 1.29 is 14.1 Å². The van der Waals surface area contributed by atoms with E-state index < -0.39 is 10.7 Å². The van der Waals surface area contributed by atoms with E-state index in [1.54, 1.807) is 0 Å². The van der Waals surface area contributed by atoms with Crippen molar-refractivity contribution in [3.63, 3.8) is 0 Å². The van der Waals surface area contributed by atoms with E-state index in [2.05, 4.69) is 18.7 Å². The van der Waals surface area contributed by atoms with Gasteiger partial charge in [-0.25, -0.2) is 4.39 Å². The summed E-state index contributed by atoms with van der Waals surface area (Å²) >= 11 is 0. The van der Waals surface area contributed by atoms with E-state index in [-0.39, 0.29) is 11.4 Å². The normalized spacial score (nSPS) is 16.3. The van der Waals surface area contributed by atoms with Crippen molar-refractivity contribution in [3.05, 3.63) is 28.1 Å². The summed E-state index contributed by atoms with van der Waals surface area (Å²) < 4.78 is 19.2. The molecular weight excluding hydrogens is 277 g/mol. The van der Waals surface area contributed by atoms with Gasteiger partial charge in [0.2, 0.25) is 0 Å². The minimum atomic E-state index is -0.637. The summed E-state index contributed by atoms with van der Waals surface area (Å²) in [6.45, 7) is 7.33. The first-order valence-electron chi connectivity index (χ1n) is 6.95. The van der Waals surface area contributed by atoms with Crippen LogP contribution < -0.4 is 9.64 Å². The fourth-order valence-corrected chi connectivity index (χ4v) is 2.56. The van der Waals surface area contributed by atoms with E-state index >= 15 is 0 Å². The molecule has 0 atom stereocenters. The predicted molar refractivity (Wildman–Crippen MR) is 78.5 cm³/mol. The second-order valence-electron chi connectivity index (χ2n) is 5.35. The Hall–Kier alpha value is -1.89. The molecule has 2 rings (SSSR count). The molecule has 0 saturated carbocycles. The molecule has 0 aliphatic carbocycles. The molecule has 0 bridgehead atoms. The topological polar surface area (TPSA) is 58.8 Å². The Balaban J connectivity index is 2.23. The highest BCUT2D eigenvalue weighted by atomic mass is 19.1. The number of methoxy groups -OCH3 is 1. The van der Waals surface area contributed by atoms with E-state index in [1.807, 2.05) is 4.90 Å². The number of anilines is 1. The van der Waals surface area contributed by atoms with E-state index in [0.29, 0.717) is 24.8 Å². The smallest absolute Gasteiger partial charge is 0.313 e. The molecule has 6 nitrogen and oxygen atoms in total. The maximum atomic E-state index is 14.2. The van der Waals surface area contributed by atoms with E-state index in [4.69, 9.17) is 4.74 Å². The number of halogens is 1. The zero-order valence-corrected chi connectivity index (χ0v) is 12.5. The zero-order valence-electron chi connectivity index (χ0n) is 12.5. The molecule has 0 N–H and O–H groups in total. The highest BCUT2D eigenvalue weighted by Crippen LogP contribution is 2.34. The summed E-state index contributed by atoms with van der Waals surface area (Å²) in [5.74, 6) is -0.497. The summed E-state index contributed by atoms with van der Waals surface area (Å²) in [6.07, 6.45) is 0. The summed E-state index contributed by atoms with van der Waals surface area (Å²) in [7, 11) is 1.35. The largest absolute Gasteiger partial charge is 0.490 e. The summed E-state index contributed by atoms with van der Waals surface area (Å²) in [4.78, 5) is 14.5. The van der Waals surface area contributed by atoms with Crippen LogP contribution in [-0.4, -0.2) is 49.2 Å². The maximum absolute atomic E-state index is 14.2. The third kappa shape index (κ3) is 3.24. The van der Waals surface area contributed by atoms with Crippen molar-refractivity contribution in [3.8, 4) is 5.75 Å². The number of rotatable bonds is 4. The van der Waals surface area contributed by atoms with Gasteiger partial charge < -0.3 is 9.64 Å². The van der Waals surface area contributed by atoms with Gasteiger partial charge in [-0.15, -0.1) is 0 Å². The van der Waals surface area contributed by atoms with Crippen molar-refractivity contribution in [1.82, 2.24) is 4.90 Å². The van der Waals surface area contributed by atoms with Crippen LogP contribution in [0.5, 0.6) is 5.75 Å². The van der Waals surface area contributed by atoms with Crippen molar-refractivity contribution in [2.45, 2.75) is 19.9 Å². The van der Waals surface area contributed by atoms with E-state index in [0.717, 1.165) is 19.2 Å². The Morgan fingerprint density at radius 1 is 1.29 bits per heavy atom. The van der Waals surface area contributed by atoms with Crippen molar-refractivity contribution >= 4 is 11.4 Å². The molecule has 0 spiro atoms. The Morgan fingerprint density at radius 2 is 1.90 bits per heavy atom. The zero-order chi connectivity index (χ0) is 15.6. The lowest BCUT2D eigenvalue weighted by Crippen LogP contribution is -2.49. The van der Waals surface area contributed by atoms with Gasteiger partial charge in [0.25, 0.3) is 0 Å². The lowest BCUT2D eigenvalue weighted by atomic mass is 10.2. The first-order valence-corrected chi connectivity index (χ1v) is 6.95. The van der Waals surface area contributed by atoms with Crippen LogP contribution in [0, 0.1) is 15.9 Å². The number of benzene rings is 1. The second-order valence-corrected chi connectivity index (χ2v) is 5.35. The van der Waals surface area contributed by atoms with Crippen molar-refractivity contribution in [2.75, 3.05) is 38.2 Å². The van der Waals surface area contributed by atoms with Crippen LogP contribution >= 0.6 is 0 Å². The molecule has 7 heteroatoms. The third-order valence-corrected chi connectivity index (χ3v) is 3.83. The molecule has 0 unspecified atom stereocenters. The van der Waals surface area contributed by atoms with Gasteiger partial charge in [-0.1, -0.05) is 0 Å². The first-order chi connectivity index (χ1) is 9.93. The van der Waals surface area contributed by atoms with Gasteiger partial charge in [-0.2, -0.15) is 0 Å². The Kier molecular flexibility index (Phi) is 4.62. The molecule has 1 heterocycles. The lowest BCUT2D eigenvalue weighted by Gasteiger charge is -2.38. The molecule has 21 heavy (non-hydrogen) atoms. The molecule has 0 amide bonds. The van der Waals surface area contributed by atoms with Crippen LogP contribution in [0.15, 0.2) is 12.1 Å². The highest BCUT2D eigenvalue weighted by Gasteiger charge is 2.25. The molecule has 0 radical (unpaired) electrons. The van der Waals surface area contributed by atoms with Gasteiger partial charge in [-0.3, -0.25) is 15.0 Å². The number of hydrogen-bond acceptors (Lipinski definition) is 5. The first kappa shape index (κ1) is 15.5. The number of ether oxygens (including phenoxy) is 1. The van der Waals surface area contributed by atoms with Gasteiger partial charge in [0.05, 0.1) is 23.8 Å². The average Bonchev–Trinajstić information content (AvgIpc) is 2.47. The molecule has 1 aliphatic rings. The fraction of sp³-hybridized carbons (Fsp3) is 0.571. The quantitative estimate of drug-likeness (QED) is 0.630. The monoisotopic (exact) mass is 297 g/mol. The maximum Gasteiger partial charge on any atom is 0.313 e. The SMILES string of the molecule is COc1cc(N2CCN(C(C)C)CC2)c(F)cc1[N+](=O)[O-]. The second kappa shape index (κ2) is 6.26. The summed E-state index contributed by atoms with van der Waals surface area (Å²) in [5, 5.41) is 10.9. The minimum absolute atomic E-state index is 0.0858. The van der Waals surface area contributed by atoms with Gasteiger partial charge in [0.1, 0.15) is 0 Å². The standard InChI is InChI=1S/C14H20FN3O3/c1-10(2)16-4-6-17(7-5-16)12-9-14(21-3)13(18(19)20)8-11(12)15/h8-10H,4-7H2,1-3H3. The highest BCUT2D eigenvalue weighted by molar-refractivity contribution is 5.60. The number of nitro benzene ring substituents is 1. The summed E-state index contributed by atoms with van der Waals surface area (Å²) in [6, 6.07) is 2.81. The van der Waals surface area contributed by atoms with Gasteiger partial charge >= 0.3 is 5.69 Å². The Bertz CT molecular complexity index is 528. The van der Waals surface area contributed by atoms with Crippen LogP contribution in [0.25, 0.3) is 0 Å².